The highest BCUT2D eigenvalue weighted by Crippen LogP contribution is 2.37. The number of halogens is 1. The van der Waals surface area contributed by atoms with Gasteiger partial charge in [0.15, 0.2) is 11.5 Å². The molecule has 1 saturated carbocycles. The molecule has 3 unspecified atom stereocenters. The summed E-state index contributed by atoms with van der Waals surface area (Å²) in [6, 6.07) is 2.43. The van der Waals surface area contributed by atoms with Crippen LogP contribution in [-0.4, -0.2) is 92.0 Å². The molecule has 0 saturated heterocycles. The van der Waals surface area contributed by atoms with Gasteiger partial charge in [0, 0.05) is 44.2 Å². The summed E-state index contributed by atoms with van der Waals surface area (Å²) in [6.45, 7) is 0.387. The number of aldehydes is 1. The Hall–Kier alpha value is -2.22. The minimum atomic E-state index is -1.15. The van der Waals surface area contributed by atoms with Gasteiger partial charge in [-0.3, -0.25) is 14.4 Å². The summed E-state index contributed by atoms with van der Waals surface area (Å²) in [5, 5.41) is 23.4. The average molecular weight is 659 g/mol. The number of methoxy groups -OCH3 is 2. The summed E-state index contributed by atoms with van der Waals surface area (Å²) in [5.74, 6) is 0.658. The molecule has 1 aromatic carbocycles. The van der Waals surface area contributed by atoms with Crippen molar-refractivity contribution in [1.29, 1.82) is 0 Å². The molecule has 0 aromatic heterocycles. The summed E-state index contributed by atoms with van der Waals surface area (Å²) >= 11 is 2.02. The number of hydrogen-bond donors (Lipinski definition) is 3. The average Bonchev–Trinajstić information content (AvgIpc) is 3.46. The van der Waals surface area contributed by atoms with Gasteiger partial charge < -0.3 is 34.6 Å². The van der Waals surface area contributed by atoms with Gasteiger partial charge in [0.25, 0.3) is 0 Å². The SMILES string of the molecule is COCCN(C(=O)CCC1CCCC1)C1CC(C(=O)NCCO)=CC(Oc2c(I)cc(C=O)cc2OC)C1O. The summed E-state index contributed by atoms with van der Waals surface area (Å²) in [4.78, 5) is 39.4. The van der Waals surface area contributed by atoms with E-state index in [9.17, 15) is 24.6 Å². The molecule has 0 aliphatic heterocycles. The fourth-order valence-corrected chi connectivity index (χ4v) is 6.03. The van der Waals surface area contributed by atoms with Crippen molar-refractivity contribution in [3.8, 4) is 11.5 Å². The van der Waals surface area contributed by atoms with E-state index >= 15 is 0 Å². The number of hydrogen-bond acceptors (Lipinski definition) is 8. The Morgan fingerprint density at radius 1 is 1.23 bits per heavy atom. The Bertz CT molecular complexity index is 1030. The predicted octanol–water partition coefficient (Wildman–Crippen LogP) is 2.47. The summed E-state index contributed by atoms with van der Waals surface area (Å²) in [6.07, 6.45) is 6.04. The maximum atomic E-state index is 13.5. The molecule has 216 valence electrons. The Morgan fingerprint density at radius 2 is 1.97 bits per heavy atom. The highest BCUT2D eigenvalue weighted by Gasteiger charge is 2.41. The third-order valence-electron chi connectivity index (χ3n) is 7.35. The van der Waals surface area contributed by atoms with Crippen molar-refractivity contribution >= 4 is 40.7 Å². The van der Waals surface area contributed by atoms with E-state index in [1.54, 1.807) is 24.2 Å². The van der Waals surface area contributed by atoms with E-state index in [-0.39, 0.29) is 38.6 Å². The second-order valence-corrected chi connectivity index (χ2v) is 11.1. The van der Waals surface area contributed by atoms with Gasteiger partial charge in [-0.2, -0.15) is 0 Å². The second-order valence-electron chi connectivity index (χ2n) is 9.94. The largest absolute Gasteiger partial charge is 0.493 e. The van der Waals surface area contributed by atoms with Gasteiger partial charge >= 0.3 is 0 Å². The Balaban J connectivity index is 1.92. The van der Waals surface area contributed by atoms with Crippen LogP contribution < -0.4 is 14.8 Å². The molecule has 0 radical (unpaired) electrons. The lowest BCUT2D eigenvalue weighted by Gasteiger charge is -2.40. The molecule has 11 heteroatoms. The van der Waals surface area contributed by atoms with Crippen molar-refractivity contribution in [3.05, 3.63) is 32.9 Å². The van der Waals surface area contributed by atoms with E-state index in [4.69, 9.17) is 14.2 Å². The lowest BCUT2D eigenvalue weighted by molar-refractivity contribution is -0.139. The van der Waals surface area contributed by atoms with Crippen LogP contribution in [0.1, 0.15) is 55.3 Å². The van der Waals surface area contributed by atoms with Gasteiger partial charge in [-0.25, -0.2) is 0 Å². The quantitative estimate of drug-likeness (QED) is 0.205. The number of aliphatic hydroxyl groups is 2. The molecule has 1 aromatic rings. The van der Waals surface area contributed by atoms with Gasteiger partial charge in [0.1, 0.15) is 18.5 Å². The fourth-order valence-electron chi connectivity index (χ4n) is 5.27. The molecular formula is C28H39IN2O8. The summed E-state index contributed by atoms with van der Waals surface area (Å²) < 4.78 is 17.5. The molecule has 0 heterocycles. The molecule has 3 N–H and O–H groups in total. The number of ether oxygens (including phenoxy) is 3. The standard InChI is InChI=1S/C28H39IN2O8/c1-37-12-10-31(25(34)8-7-18-5-3-4-6-18)22-15-20(28(36)30-9-11-32)16-23(26(22)35)39-27-21(29)13-19(17-33)14-24(27)38-2/h13-14,16-18,22-23,26,32,35H,3-12,15H2,1-2H3,(H,30,36). The lowest BCUT2D eigenvalue weighted by atomic mass is 9.87. The third kappa shape index (κ3) is 8.38. The molecule has 3 atom stereocenters. The smallest absolute Gasteiger partial charge is 0.247 e. The van der Waals surface area contributed by atoms with Crippen LogP contribution in [0.4, 0.5) is 0 Å². The number of carbonyl (C=O) groups excluding carboxylic acids is 3. The highest BCUT2D eigenvalue weighted by molar-refractivity contribution is 14.1. The van der Waals surface area contributed by atoms with E-state index in [2.05, 4.69) is 5.32 Å². The maximum Gasteiger partial charge on any atom is 0.247 e. The molecule has 10 nitrogen and oxygen atoms in total. The Kier molecular flexibility index (Phi) is 12.5. The van der Waals surface area contributed by atoms with Crippen LogP contribution in [0.25, 0.3) is 0 Å². The Morgan fingerprint density at radius 3 is 2.62 bits per heavy atom. The normalized spacial score (nSPS) is 21.3. The van der Waals surface area contributed by atoms with Crippen molar-refractivity contribution < 1.29 is 38.8 Å². The number of nitrogens with one attached hydrogen (secondary N) is 1. The molecule has 0 spiro atoms. The molecule has 1 fully saturated rings. The first kappa shape index (κ1) is 31.3. The van der Waals surface area contributed by atoms with E-state index < -0.39 is 24.2 Å². The first-order valence-corrected chi connectivity index (χ1v) is 14.5. The second kappa shape index (κ2) is 15.5. The van der Waals surface area contributed by atoms with Gasteiger partial charge in [-0.1, -0.05) is 25.7 Å². The van der Waals surface area contributed by atoms with Gasteiger partial charge in [-0.05, 0) is 53.1 Å². The van der Waals surface area contributed by atoms with E-state index in [0.717, 1.165) is 19.3 Å². The number of amides is 2. The monoisotopic (exact) mass is 658 g/mol. The van der Waals surface area contributed by atoms with Crippen LogP contribution in [-0.2, 0) is 14.3 Å². The number of benzene rings is 1. The minimum Gasteiger partial charge on any atom is -0.493 e. The minimum absolute atomic E-state index is 0.0709. The number of nitrogens with zero attached hydrogens (tertiary/aromatic N) is 1. The maximum absolute atomic E-state index is 13.5. The summed E-state index contributed by atoms with van der Waals surface area (Å²) in [5.41, 5.74) is 0.747. The van der Waals surface area contributed by atoms with Crippen LogP contribution >= 0.6 is 22.6 Å². The van der Waals surface area contributed by atoms with Crippen LogP contribution in [0.2, 0.25) is 0 Å². The fraction of sp³-hybridized carbons (Fsp3) is 0.607. The number of aliphatic hydroxyl groups excluding tert-OH is 2. The third-order valence-corrected chi connectivity index (χ3v) is 8.16. The van der Waals surface area contributed by atoms with E-state index in [1.807, 2.05) is 22.6 Å². The van der Waals surface area contributed by atoms with E-state index in [0.29, 0.717) is 44.8 Å². The molecule has 3 rings (SSSR count). The van der Waals surface area contributed by atoms with E-state index in [1.165, 1.54) is 26.0 Å². The molecule has 2 aliphatic rings. The van der Waals surface area contributed by atoms with Gasteiger partial charge in [0.2, 0.25) is 11.8 Å². The molecular weight excluding hydrogens is 619 g/mol. The first-order valence-electron chi connectivity index (χ1n) is 13.4. The van der Waals surface area contributed by atoms with Crippen LogP contribution in [0.15, 0.2) is 23.8 Å². The Labute approximate surface area is 243 Å². The highest BCUT2D eigenvalue weighted by atomic mass is 127. The zero-order valence-corrected chi connectivity index (χ0v) is 24.7. The molecule has 2 aliphatic carbocycles. The number of rotatable bonds is 14. The van der Waals surface area contributed by atoms with Crippen LogP contribution in [0.3, 0.4) is 0 Å². The zero-order chi connectivity index (χ0) is 28.4. The van der Waals surface area contributed by atoms with Crippen molar-refractivity contribution in [2.45, 2.75) is 63.2 Å². The van der Waals surface area contributed by atoms with Gasteiger partial charge in [0.05, 0.1) is 29.9 Å². The molecule has 39 heavy (non-hydrogen) atoms. The van der Waals surface area contributed by atoms with Crippen LogP contribution in [0, 0.1) is 9.49 Å². The first-order chi connectivity index (χ1) is 18.8. The molecule has 2 amide bonds. The van der Waals surface area contributed by atoms with Crippen molar-refractivity contribution in [2.24, 2.45) is 5.92 Å². The van der Waals surface area contributed by atoms with Crippen molar-refractivity contribution in [3.63, 3.8) is 0 Å². The molecule has 0 bridgehead atoms. The van der Waals surface area contributed by atoms with Crippen molar-refractivity contribution in [2.75, 3.05) is 40.5 Å². The zero-order valence-electron chi connectivity index (χ0n) is 22.6. The van der Waals surface area contributed by atoms with Crippen LogP contribution in [0.5, 0.6) is 11.5 Å². The van der Waals surface area contributed by atoms with Gasteiger partial charge in [-0.15, -0.1) is 0 Å². The number of carbonyl (C=O) groups is 3. The summed E-state index contributed by atoms with van der Waals surface area (Å²) in [7, 11) is 3.00. The topological polar surface area (TPSA) is 135 Å². The predicted molar refractivity (Wildman–Crippen MR) is 153 cm³/mol. The lowest BCUT2D eigenvalue weighted by Crippen LogP contribution is -2.55. The van der Waals surface area contributed by atoms with Crippen molar-refractivity contribution in [1.82, 2.24) is 10.2 Å².